The summed E-state index contributed by atoms with van der Waals surface area (Å²) in [6.45, 7) is 0. The van der Waals surface area contributed by atoms with E-state index in [2.05, 4.69) is 30.3 Å². The Morgan fingerprint density at radius 2 is 1.80 bits per heavy atom. The number of nitrogens with two attached hydrogens (primary N) is 2. The first-order chi connectivity index (χ1) is 7.29. The summed E-state index contributed by atoms with van der Waals surface area (Å²) in [7, 11) is 0. The Morgan fingerprint density at radius 3 is 2.53 bits per heavy atom. The molecule has 0 aromatic heterocycles. The summed E-state index contributed by atoms with van der Waals surface area (Å²) in [6, 6.07) is 14.6. The molecule has 2 nitrogen and oxygen atoms in total. The lowest BCUT2D eigenvalue weighted by Crippen LogP contribution is -2.03. The predicted octanol–water partition coefficient (Wildman–Crippen LogP) is 2.14. The second-order valence-electron chi connectivity index (χ2n) is 3.60. The van der Waals surface area contributed by atoms with Gasteiger partial charge in [0.1, 0.15) is 0 Å². The van der Waals surface area contributed by atoms with Gasteiger partial charge in [0.15, 0.2) is 0 Å². The zero-order chi connectivity index (χ0) is 10.7. The van der Waals surface area contributed by atoms with Crippen LogP contribution in [0.1, 0.15) is 5.56 Å². The van der Waals surface area contributed by atoms with Gasteiger partial charge in [-0.1, -0.05) is 42.5 Å². The highest BCUT2D eigenvalue weighted by atomic mass is 14.6. The molecule has 0 unspecified atom stereocenters. The van der Waals surface area contributed by atoms with Gasteiger partial charge in [0.05, 0.1) is 0 Å². The molecule has 0 heterocycles. The fourth-order valence-electron chi connectivity index (χ4n) is 1.64. The van der Waals surface area contributed by atoms with E-state index >= 15 is 0 Å². The van der Waals surface area contributed by atoms with Crippen LogP contribution in [0, 0.1) is 0 Å². The third-order valence-electron chi connectivity index (χ3n) is 2.44. The summed E-state index contributed by atoms with van der Waals surface area (Å²) in [5, 5.41) is 2.48. The Labute approximate surface area is 89.2 Å². The van der Waals surface area contributed by atoms with Gasteiger partial charge in [-0.05, 0) is 16.3 Å². The normalized spacial score (nSPS) is 11.9. The van der Waals surface area contributed by atoms with Crippen molar-refractivity contribution in [1.29, 1.82) is 0 Å². The zero-order valence-electron chi connectivity index (χ0n) is 8.48. The number of allylic oxidation sites excluding steroid dienone is 1. The molecule has 2 aromatic carbocycles. The Balaban J connectivity index is 2.39. The summed E-state index contributed by atoms with van der Waals surface area (Å²) < 4.78 is 0. The molecule has 2 heteroatoms. The van der Waals surface area contributed by atoms with Gasteiger partial charge in [-0.3, -0.25) is 0 Å². The molecule has 15 heavy (non-hydrogen) atoms. The Hall–Kier alpha value is -1.96. The topological polar surface area (TPSA) is 52.0 Å². The zero-order valence-corrected chi connectivity index (χ0v) is 8.48. The Morgan fingerprint density at radius 1 is 1.07 bits per heavy atom. The van der Waals surface area contributed by atoms with Crippen LogP contribution in [-0.4, -0.2) is 0 Å². The van der Waals surface area contributed by atoms with Crippen molar-refractivity contribution in [3.8, 4) is 0 Å². The Bertz CT molecular complexity index is 501. The number of rotatable bonds is 2. The van der Waals surface area contributed by atoms with E-state index in [1.165, 1.54) is 22.5 Å². The number of hydrogen-bond donors (Lipinski definition) is 2. The second kappa shape index (κ2) is 4.05. The molecule has 0 saturated carbocycles. The highest BCUT2D eigenvalue weighted by Crippen LogP contribution is 2.16. The average Bonchev–Trinajstić information content (AvgIpc) is 2.29. The minimum absolute atomic E-state index is 0.699. The molecule has 4 N–H and O–H groups in total. The monoisotopic (exact) mass is 198 g/mol. The summed E-state index contributed by atoms with van der Waals surface area (Å²) in [5.74, 6) is 0. The van der Waals surface area contributed by atoms with Gasteiger partial charge in [-0.25, -0.2) is 0 Å². The van der Waals surface area contributed by atoms with Crippen molar-refractivity contribution in [2.24, 2.45) is 11.5 Å². The first kappa shape index (κ1) is 9.59. The van der Waals surface area contributed by atoms with Crippen LogP contribution < -0.4 is 11.5 Å². The summed E-state index contributed by atoms with van der Waals surface area (Å²) in [4.78, 5) is 0. The molecule has 0 bridgehead atoms. The quantitative estimate of drug-likeness (QED) is 0.776. The third kappa shape index (κ3) is 2.10. The second-order valence-corrected chi connectivity index (χ2v) is 3.60. The van der Waals surface area contributed by atoms with Crippen LogP contribution in [0.4, 0.5) is 0 Å². The van der Waals surface area contributed by atoms with Crippen molar-refractivity contribution in [1.82, 2.24) is 0 Å². The lowest BCUT2D eigenvalue weighted by molar-refractivity contribution is 1.10. The molecule has 0 atom stereocenters. The molecule has 0 spiro atoms. The molecular formula is C13H14N2. The minimum atomic E-state index is 0.699. The average molecular weight is 198 g/mol. The first-order valence-electron chi connectivity index (χ1n) is 4.93. The van der Waals surface area contributed by atoms with E-state index in [-0.39, 0.29) is 0 Å². The predicted molar refractivity (Wildman–Crippen MR) is 64.1 cm³/mol. The van der Waals surface area contributed by atoms with Gasteiger partial charge in [-0.2, -0.15) is 0 Å². The SMILES string of the molecule is N/C=C(/N)Cc1ccc2ccccc2c1. The van der Waals surface area contributed by atoms with Crippen LogP contribution in [0.25, 0.3) is 10.8 Å². The molecular weight excluding hydrogens is 184 g/mol. The molecule has 76 valence electrons. The van der Waals surface area contributed by atoms with Crippen LogP contribution in [0.2, 0.25) is 0 Å². The van der Waals surface area contributed by atoms with E-state index in [4.69, 9.17) is 11.5 Å². The van der Waals surface area contributed by atoms with Gasteiger partial charge in [-0.15, -0.1) is 0 Å². The molecule has 0 amide bonds. The lowest BCUT2D eigenvalue weighted by Gasteiger charge is -2.03. The van der Waals surface area contributed by atoms with Gasteiger partial charge >= 0.3 is 0 Å². The van der Waals surface area contributed by atoms with Gasteiger partial charge in [0.25, 0.3) is 0 Å². The maximum Gasteiger partial charge on any atom is 0.0282 e. The maximum absolute atomic E-state index is 5.69. The highest BCUT2D eigenvalue weighted by Gasteiger charge is 1.97. The van der Waals surface area contributed by atoms with Crippen molar-refractivity contribution in [2.45, 2.75) is 6.42 Å². The van der Waals surface area contributed by atoms with E-state index < -0.39 is 0 Å². The van der Waals surface area contributed by atoms with Gasteiger partial charge < -0.3 is 11.5 Å². The van der Waals surface area contributed by atoms with Gasteiger partial charge in [0, 0.05) is 18.3 Å². The maximum atomic E-state index is 5.69. The lowest BCUT2D eigenvalue weighted by atomic mass is 10.0. The molecule has 2 rings (SSSR count). The van der Waals surface area contributed by atoms with Crippen LogP contribution in [-0.2, 0) is 6.42 Å². The van der Waals surface area contributed by atoms with Crippen LogP contribution in [0.5, 0.6) is 0 Å². The van der Waals surface area contributed by atoms with Crippen LogP contribution in [0.15, 0.2) is 54.4 Å². The van der Waals surface area contributed by atoms with Gasteiger partial charge in [0.2, 0.25) is 0 Å². The van der Waals surface area contributed by atoms with Crippen molar-refractivity contribution >= 4 is 10.8 Å². The molecule has 0 fully saturated rings. The Kier molecular flexibility index (Phi) is 2.59. The number of benzene rings is 2. The standard InChI is InChI=1S/C13H14N2/c14-9-13(15)8-10-5-6-11-3-1-2-4-12(11)7-10/h1-7,9H,8,14-15H2/b13-9+. The smallest absolute Gasteiger partial charge is 0.0282 e. The van der Waals surface area contributed by atoms with Crippen molar-refractivity contribution in [2.75, 3.05) is 0 Å². The van der Waals surface area contributed by atoms with E-state index in [0.717, 1.165) is 0 Å². The first-order valence-corrected chi connectivity index (χ1v) is 4.93. The van der Waals surface area contributed by atoms with Crippen LogP contribution in [0.3, 0.4) is 0 Å². The molecule has 0 aliphatic carbocycles. The molecule has 0 aliphatic heterocycles. The highest BCUT2D eigenvalue weighted by molar-refractivity contribution is 5.83. The number of hydrogen-bond acceptors (Lipinski definition) is 2. The number of fused-ring (bicyclic) bond motifs is 1. The molecule has 0 radical (unpaired) electrons. The summed E-state index contributed by atoms with van der Waals surface area (Å²) >= 11 is 0. The van der Waals surface area contributed by atoms with E-state index in [9.17, 15) is 0 Å². The third-order valence-corrected chi connectivity index (χ3v) is 2.44. The van der Waals surface area contributed by atoms with Crippen LogP contribution >= 0.6 is 0 Å². The molecule has 2 aromatic rings. The minimum Gasteiger partial charge on any atom is -0.403 e. The van der Waals surface area contributed by atoms with E-state index in [1.54, 1.807) is 0 Å². The van der Waals surface area contributed by atoms with E-state index in [0.29, 0.717) is 12.1 Å². The van der Waals surface area contributed by atoms with Crippen molar-refractivity contribution in [3.05, 3.63) is 59.9 Å². The fourth-order valence-corrected chi connectivity index (χ4v) is 1.64. The van der Waals surface area contributed by atoms with Crippen molar-refractivity contribution < 1.29 is 0 Å². The molecule has 0 saturated heterocycles. The summed E-state index contributed by atoms with van der Waals surface area (Å²) in [6.07, 6.45) is 2.16. The summed E-state index contributed by atoms with van der Waals surface area (Å²) in [5.41, 5.74) is 12.9. The van der Waals surface area contributed by atoms with Crippen molar-refractivity contribution in [3.63, 3.8) is 0 Å². The fraction of sp³-hybridized carbons (Fsp3) is 0.0769. The largest absolute Gasteiger partial charge is 0.403 e. The molecule has 0 aliphatic rings. The van der Waals surface area contributed by atoms with E-state index in [1.807, 2.05) is 12.1 Å².